The quantitative estimate of drug-likeness (QED) is 0.399. The van der Waals surface area contributed by atoms with E-state index in [2.05, 4.69) is 10.6 Å². The molecule has 0 radical (unpaired) electrons. The first-order valence-corrected chi connectivity index (χ1v) is 15.0. The van der Waals surface area contributed by atoms with E-state index in [4.69, 9.17) is 27.9 Å². The Balaban J connectivity index is 1.53. The van der Waals surface area contributed by atoms with Gasteiger partial charge in [0.05, 0.1) is 17.7 Å². The Labute approximate surface area is 224 Å². The van der Waals surface area contributed by atoms with Crippen molar-refractivity contribution in [3.8, 4) is 0 Å². The van der Waals surface area contributed by atoms with E-state index in [1.165, 1.54) is 48.2 Å². The molecular weight excluding hydrogens is 525 g/mol. The van der Waals surface area contributed by atoms with E-state index in [1.807, 2.05) is 6.92 Å². The molecule has 0 aromatic heterocycles. The van der Waals surface area contributed by atoms with E-state index < -0.39 is 22.2 Å². The van der Waals surface area contributed by atoms with E-state index in [1.54, 1.807) is 0 Å². The van der Waals surface area contributed by atoms with Gasteiger partial charge in [-0.15, -0.1) is 0 Å². The Bertz CT molecular complexity index is 1000. The third kappa shape index (κ3) is 8.31. The standard InChI is InChI=1S/C25H37Cl2N3O5S/c1-2-3-8-22(29-24(31)12-9-18-6-4-5-7-18)25(32)28-16-20-17-30(13-14-35-20)36(33,34)23-11-10-19(26)15-21(23)27/h10-11,15,18,20,22H,2-9,12-14,16-17H2,1H3,(H,28,32)(H,29,31)/t20?,22-/m0/s1. The molecule has 1 unspecified atom stereocenters. The second-order valence-corrected chi connectivity index (χ2v) is 12.4. The first-order valence-electron chi connectivity index (χ1n) is 12.8. The molecule has 3 rings (SSSR count). The molecule has 1 aromatic rings. The third-order valence-corrected chi connectivity index (χ3v) is 9.45. The van der Waals surface area contributed by atoms with Crippen molar-refractivity contribution in [2.24, 2.45) is 5.92 Å². The zero-order chi connectivity index (χ0) is 26.1. The third-order valence-electron chi connectivity index (χ3n) is 6.87. The van der Waals surface area contributed by atoms with Crippen molar-refractivity contribution in [3.63, 3.8) is 0 Å². The highest BCUT2D eigenvalue weighted by atomic mass is 35.5. The molecule has 1 aromatic carbocycles. The summed E-state index contributed by atoms with van der Waals surface area (Å²) in [5.74, 6) is 0.246. The summed E-state index contributed by atoms with van der Waals surface area (Å²) in [7, 11) is -3.85. The number of morpholine rings is 1. The van der Waals surface area contributed by atoms with Gasteiger partial charge in [0.2, 0.25) is 21.8 Å². The van der Waals surface area contributed by atoms with Gasteiger partial charge in [0.1, 0.15) is 10.9 Å². The van der Waals surface area contributed by atoms with E-state index in [0.717, 1.165) is 19.3 Å². The molecule has 36 heavy (non-hydrogen) atoms. The predicted molar refractivity (Wildman–Crippen MR) is 141 cm³/mol. The van der Waals surface area contributed by atoms with Crippen LogP contribution in [0.25, 0.3) is 0 Å². The minimum absolute atomic E-state index is 0.0156. The van der Waals surface area contributed by atoms with Crippen LogP contribution in [0.3, 0.4) is 0 Å². The monoisotopic (exact) mass is 561 g/mol. The summed E-state index contributed by atoms with van der Waals surface area (Å²) in [5, 5.41) is 6.16. The molecule has 8 nitrogen and oxygen atoms in total. The van der Waals surface area contributed by atoms with Gasteiger partial charge in [-0.2, -0.15) is 4.31 Å². The molecule has 1 aliphatic heterocycles. The summed E-state index contributed by atoms with van der Waals surface area (Å²) in [4.78, 5) is 25.4. The molecule has 1 saturated carbocycles. The topological polar surface area (TPSA) is 105 Å². The summed E-state index contributed by atoms with van der Waals surface area (Å²) in [5.41, 5.74) is 0. The van der Waals surface area contributed by atoms with Crippen LogP contribution in [0, 0.1) is 5.92 Å². The number of carbonyl (C=O) groups excluding carboxylic acids is 2. The number of nitrogens with one attached hydrogen (secondary N) is 2. The molecule has 2 amide bonds. The predicted octanol–water partition coefficient (Wildman–Crippen LogP) is 4.14. The number of nitrogens with zero attached hydrogens (tertiary/aromatic N) is 1. The number of hydrogen-bond donors (Lipinski definition) is 2. The minimum atomic E-state index is -3.85. The summed E-state index contributed by atoms with van der Waals surface area (Å²) in [6.45, 7) is 2.63. The van der Waals surface area contributed by atoms with Gasteiger partial charge in [0.15, 0.2) is 0 Å². The largest absolute Gasteiger partial charge is 0.374 e. The highest BCUT2D eigenvalue weighted by Crippen LogP contribution is 2.29. The van der Waals surface area contributed by atoms with Crippen molar-refractivity contribution in [2.75, 3.05) is 26.2 Å². The van der Waals surface area contributed by atoms with Crippen molar-refractivity contribution in [2.45, 2.75) is 81.8 Å². The average Bonchev–Trinajstić information content (AvgIpc) is 3.37. The van der Waals surface area contributed by atoms with Crippen LogP contribution in [-0.4, -0.2) is 62.9 Å². The lowest BCUT2D eigenvalue weighted by Crippen LogP contribution is -2.52. The average molecular weight is 563 g/mol. The maximum atomic E-state index is 13.1. The SMILES string of the molecule is CCCC[C@H](NC(=O)CCC1CCCC1)C(=O)NCC1CN(S(=O)(=O)c2ccc(Cl)cc2Cl)CCO1. The van der Waals surface area contributed by atoms with Gasteiger partial charge in [-0.1, -0.05) is 68.7 Å². The molecule has 1 saturated heterocycles. The Morgan fingerprint density at radius 1 is 1.22 bits per heavy atom. The lowest BCUT2D eigenvalue weighted by Gasteiger charge is -2.32. The van der Waals surface area contributed by atoms with Crippen LogP contribution in [0.2, 0.25) is 10.0 Å². The number of benzene rings is 1. The van der Waals surface area contributed by atoms with Gasteiger partial charge in [-0.3, -0.25) is 9.59 Å². The Morgan fingerprint density at radius 3 is 2.67 bits per heavy atom. The van der Waals surface area contributed by atoms with Crippen molar-refractivity contribution >= 4 is 45.0 Å². The zero-order valence-corrected chi connectivity index (χ0v) is 23.1. The normalized spacial score (nSPS) is 20.2. The van der Waals surface area contributed by atoms with Crippen LogP contribution in [-0.2, 0) is 24.3 Å². The summed E-state index contributed by atoms with van der Waals surface area (Å²) < 4.78 is 33.3. The van der Waals surface area contributed by atoms with Crippen LogP contribution in [0.1, 0.15) is 64.7 Å². The summed E-state index contributed by atoms with van der Waals surface area (Å²) >= 11 is 12.0. The van der Waals surface area contributed by atoms with E-state index in [-0.39, 0.29) is 48.0 Å². The number of halogens is 2. The fourth-order valence-corrected chi connectivity index (χ4v) is 6.97. The number of ether oxygens (including phenoxy) is 1. The molecule has 2 atom stereocenters. The van der Waals surface area contributed by atoms with Crippen molar-refractivity contribution in [1.82, 2.24) is 14.9 Å². The number of rotatable bonds is 12. The molecule has 2 aliphatic rings. The molecule has 1 aliphatic carbocycles. The van der Waals surface area contributed by atoms with E-state index in [0.29, 0.717) is 23.8 Å². The fraction of sp³-hybridized carbons (Fsp3) is 0.680. The van der Waals surface area contributed by atoms with Gasteiger partial charge in [-0.05, 0) is 37.0 Å². The van der Waals surface area contributed by atoms with Crippen molar-refractivity contribution < 1.29 is 22.7 Å². The lowest BCUT2D eigenvalue weighted by molar-refractivity contribution is -0.129. The Kier molecular flexibility index (Phi) is 11.3. The maximum absolute atomic E-state index is 13.1. The molecule has 0 spiro atoms. The molecule has 1 heterocycles. The van der Waals surface area contributed by atoms with Crippen LogP contribution in [0.15, 0.2) is 23.1 Å². The van der Waals surface area contributed by atoms with Gasteiger partial charge in [0.25, 0.3) is 0 Å². The number of carbonyl (C=O) groups is 2. The molecule has 202 valence electrons. The van der Waals surface area contributed by atoms with E-state index in [9.17, 15) is 18.0 Å². The highest BCUT2D eigenvalue weighted by molar-refractivity contribution is 7.89. The summed E-state index contributed by atoms with van der Waals surface area (Å²) in [6.07, 6.45) is 7.91. The smallest absolute Gasteiger partial charge is 0.244 e. The molecule has 0 bridgehead atoms. The summed E-state index contributed by atoms with van der Waals surface area (Å²) in [6, 6.07) is 3.65. The van der Waals surface area contributed by atoms with Crippen LogP contribution >= 0.6 is 23.2 Å². The number of unbranched alkanes of at least 4 members (excludes halogenated alkanes) is 1. The van der Waals surface area contributed by atoms with Gasteiger partial charge >= 0.3 is 0 Å². The Morgan fingerprint density at radius 2 is 1.97 bits per heavy atom. The number of amides is 2. The lowest BCUT2D eigenvalue weighted by atomic mass is 10.0. The van der Waals surface area contributed by atoms with Crippen molar-refractivity contribution in [3.05, 3.63) is 28.2 Å². The molecule has 2 N–H and O–H groups in total. The number of sulfonamides is 1. The minimum Gasteiger partial charge on any atom is -0.374 e. The molecular formula is C25H37Cl2N3O5S. The van der Waals surface area contributed by atoms with Crippen LogP contribution in [0.5, 0.6) is 0 Å². The molecule has 11 heteroatoms. The highest BCUT2D eigenvalue weighted by Gasteiger charge is 2.33. The zero-order valence-electron chi connectivity index (χ0n) is 20.8. The first-order chi connectivity index (χ1) is 17.2. The van der Waals surface area contributed by atoms with Crippen LogP contribution in [0.4, 0.5) is 0 Å². The van der Waals surface area contributed by atoms with Gasteiger partial charge in [0, 0.05) is 31.1 Å². The van der Waals surface area contributed by atoms with Crippen LogP contribution < -0.4 is 10.6 Å². The van der Waals surface area contributed by atoms with Gasteiger partial charge in [-0.25, -0.2) is 8.42 Å². The van der Waals surface area contributed by atoms with E-state index >= 15 is 0 Å². The maximum Gasteiger partial charge on any atom is 0.244 e. The second kappa shape index (κ2) is 14.0. The first kappa shape index (κ1) is 29.2. The fourth-order valence-electron chi connectivity index (χ4n) is 4.77. The second-order valence-electron chi connectivity index (χ2n) is 9.63. The number of hydrogen-bond acceptors (Lipinski definition) is 5. The van der Waals surface area contributed by atoms with Crippen molar-refractivity contribution in [1.29, 1.82) is 0 Å². The Hall–Kier alpha value is -1.39. The molecule has 2 fully saturated rings. The van der Waals surface area contributed by atoms with Gasteiger partial charge < -0.3 is 15.4 Å².